The van der Waals surface area contributed by atoms with Crippen LogP contribution in [0.1, 0.15) is 5.56 Å². The smallest absolute Gasteiger partial charge is 0.411 e. The van der Waals surface area contributed by atoms with E-state index in [2.05, 4.69) is 10.1 Å². The summed E-state index contributed by atoms with van der Waals surface area (Å²) in [5, 5.41) is 11.0. The zero-order valence-corrected chi connectivity index (χ0v) is 12.4. The third kappa shape index (κ3) is 3.92. The molecule has 0 aliphatic carbocycles. The minimum atomic E-state index is -3.57. The van der Waals surface area contributed by atoms with Crippen LogP contribution in [0.4, 0.5) is 10.5 Å². The van der Waals surface area contributed by atoms with Crippen LogP contribution >= 0.6 is 0 Å². The van der Waals surface area contributed by atoms with Crippen LogP contribution in [0.5, 0.6) is 0 Å². The van der Waals surface area contributed by atoms with Crippen molar-refractivity contribution < 1.29 is 23.1 Å². The number of nitrogens with one attached hydrogen (secondary N) is 1. The fraction of sp³-hybridized carbons (Fsp3) is 0.417. The van der Waals surface area contributed by atoms with E-state index in [9.17, 15) is 13.2 Å². The van der Waals surface area contributed by atoms with Crippen molar-refractivity contribution in [1.29, 1.82) is 0 Å². The van der Waals surface area contributed by atoms with Gasteiger partial charge in [-0.1, -0.05) is 6.07 Å². The Morgan fingerprint density at radius 2 is 2.05 bits per heavy atom. The fourth-order valence-corrected chi connectivity index (χ4v) is 2.32. The molecule has 0 saturated heterocycles. The molecule has 0 spiro atoms. The molecule has 2 N–H and O–H groups in total. The van der Waals surface area contributed by atoms with Crippen molar-refractivity contribution in [1.82, 2.24) is 4.31 Å². The zero-order valence-electron chi connectivity index (χ0n) is 11.6. The highest BCUT2D eigenvalue weighted by atomic mass is 32.2. The summed E-state index contributed by atoms with van der Waals surface area (Å²) in [6.07, 6.45) is -0.749. The Hall–Kier alpha value is -1.64. The Morgan fingerprint density at radius 1 is 1.40 bits per heavy atom. The quantitative estimate of drug-likeness (QED) is 0.838. The normalized spacial score (nSPS) is 11.4. The van der Waals surface area contributed by atoms with Gasteiger partial charge in [-0.15, -0.1) is 0 Å². The number of rotatable bonds is 5. The lowest BCUT2D eigenvalue weighted by Gasteiger charge is -2.14. The third-order valence-electron chi connectivity index (χ3n) is 2.55. The van der Waals surface area contributed by atoms with Crippen molar-refractivity contribution in [3.8, 4) is 0 Å². The fourth-order valence-electron chi connectivity index (χ4n) is 1.39. The summed E-state index contributed by atoms with van der Waals surface area (Å²) in [7, 11) is -0.711. The van der Waals surface area contributed by atoms with Gasteiger partial charge < -0.3 is 9.84 Å². The van der Waals surface area contributed by atoms with Gasteiger partial charge in [-0.05, 0) is 24.6 Å². The van der Waals surface area contributed by atoms with Gasteiger partial charge in [-0.25, -0.2) is 17.5 Å². The minimum absolute atomic E-state index is 0.0746. The maximum absolute atomic E-state index is 12.0. The second kappa shape index (κ2) is 6.69. The minimum Gasteiger partial charge on any atom is -0.447 e. The first-order valence-electron chi connectivity index (χ1n) is 5.87. The summed E-state index contributed by atoms with van der Waals surface area (Å²) in [5.74, 6) is 0. The summed E-state index contributed by atoms with van der Waals surface area (Å²) in [6.45, 7) is 1.33. The van der Waals surface area contributed by atoms with Crippen molar-refractivity contribution in [2.45, 2.75) is 11.8 Å². The van der Waals surface area contributed by atoms with E-state index in [1.165, 1.54) is 26.2 Å². The maximum atomic E-state index is 12.0. The molecule has 1 aromatic carbocycles. The summed E-state index contributed by atoms with van der Waals surface area (Å²) in [4.78, 5) is 11.5. The molecule has 0 radical (unpaired) electrons. The number of hydrogen-bond donors (Lipinski definition) is 2. The highest BCUT2D eigenvalue weighted by molar-refractivity contribution is 7.89. The first-order valence-corrected chi connectivity index (χ1v) is 7.31. The van der Waals surface area contributed by atoms with Gasteiger partial charge in [0.25, 0.3) is 0 Å². The highest BCUT2D eigenvalue weighted by Gasteiger charge is 2.18. The largest absolute Gasteiger partial charge is 0.447 e. The first kappa shape index (κ1) is 16.4. The number of benzene rings is 1. The number of aliphatic hydroxyl groups is 1. The molecule has 0 aromatic heterocycles. The Kier molecular flexibility index (Phi) is 5.49. The Balaban J connectivity index is 3.01. The SMILES string of the molecule is Cc1ccc(S(=O)(=O)N(C)C)cc1NC(=O)OCCO. The molecule has 0 aliphatic heterocycles. The molecular weight excluding hydrogens is 284 g/mol. The molecule has 1 amide bonds. The first-order chi connectivity index (χ1) is 9.28. The van der Waals surface area contributed by atoms with Crippen LogP contribution in [0.15, 0.2) is 23.1 Å². The molecule has 0 unspecified atom stereocenters. The number of carbonyl (C=O) groups excluding carboxylic acids is 1. The average Bonchev–Trinajstić information content (AvgIpc) is 2.38. The van der Waals surface area contributed by atoms with Crippen LogP contribution in [0.25, 0.3) is 0 Å². The molecule has 20 heavy (non-hydrogen) atoms. The third-order valence-corrected chi connectivity index (χ3v) is 4.36. The van der Waals surface area contributed by atoms with Gasteiger partial charge in [0.2, 0.25) is 10.0 Å². The lowest BCUT2D eigenvalue weighted by atomic mass is 10.2. The van der Waals surface area contributed by atoms with E-state index < -0.39 is 16.1 Å². The van der Waals surface area contributed by atoms with Crippen LogP contribution < -0.4 is 5.32 Å². The number of aryl methyl sites for hydroxylation is 1. The lowest BCUT2D eigenvalue weighted by molar-refractivity contribution is 0.131. The van der Waals surface area contributed by atoms with Gasteiger partial charge in [0.1, 0.15) is 6.61 Å². The van der Waals surface area contributed by atoms with E-state index in [0.717, 1.165) is 4.31 Å². The summed E-state index contributed by atoms with van der Waals surface area (Å²) < 4.78 is 29.8. The van der Waals surface area contributed by atoms with E-state index in [-0.39, 0.29) is 18.1 Å². The van der Waals surface area contributed by atoms with Gasteiger partial charge >= 0.3 is 6.09 Å². The van der Waals surface area contributed by atoms with Gasteiger partial charge in [-0.3, -0.25) is 5.32 Å². The molecule has 0 bridgehead atoms. The predicted molar refractivity (Wildman–Crippen MR) is 74.1 cm³/mol. The molecule has 1 rings (SSSR count). The Bertz CT molecular complexity index is 584. The number of ether oxygens (including phenoxy) is 1. The molecule has 0 atom stereocenters. The van der Waals surface area contributed by atoms with Crippen LogP contribution in [-0.4, -0.2) is 51.2 Å². The Morgan fingerprint density at radius 3 is 2.60 bits per heavy atom. The van der Waals surface area contributed by atoms with Crippen LogP contribution in [-0.2, 0) is 14.8 Å². The van der Waals surface area contributed by atoms with Crippen molar-refractivity contribution in [2.75, 3.05) is 32.6 Å². The molecule has 1 aromatic rings. The molecule has 112 valence electrons. The maximum Gasteiger partial charge on any atom is 0.411 e. The zero-order chi connectivity index (χ0) is 15.3. The van der Waals surface area contributed by atoms with Gasteiger partial charge in [0.05, 0.1) is 11.5 Å². The number of amides is 1. The molecule has 0 saturated carbocycles. The molecular formula is C12H18N2O5S. The molecule has 7 nitrogen and oxygen atoms in total. The van der Waals surface area contributed by atoms with Gasteiger partial charge in [-0.2, -0.15) is 0 Å². The van der Waals surface area contributed by atoms with Crippen LogP contribution in [0.3, 0.4) is 0 Å². The standard InChI is InChI=1S/C12H18N2O5S/c1-9-4-5-10(20(17,18)14(2)3)8-11(9)13-12(16)19-7-6-15/h4-5,8,15H,6-7H2,1-3H3,(H,13,16). The molecule has 0 fully saturated rings. The predicted octanol–water partition coefficient (Wildman–Crippen LogP) is 0.786. The lowest BCUT2D eigenvalue weighted by Crippen LogP contribution is -2.22. The number of hydrogen-bond acceptors (Lipinski definition) is 5. The van der Waals surface area contributed by atoms with E-state index in [0.29, 0.717) is 11.3 Å². The van der Waals surface area contributed by atoms with E-state index in [1.807, 2.05) is 0 Å². The second-order valence-electron chi connectivity index (χ2n) is 4.25. The van der Waals surface area contributed by atoms with Crippen molar-refractivity contribution in [3.63, 3.8) is 0 Å². The highest BCUT2D eigenvalue weighted by Crippen LogP contribution is 2.22. The topological polar surface area (TPSA) is 95.9 Å². The number of carbonyl (C=O) groups is 1. The van der Waals surface area contributed by atoms with Crippen molar-refractivity contribution in [3.05, 3.63) is 23.8 Å². The average molecular weight is 302 g/mol. The number of anilines is 1. The molecule has 8 heteroatoms. The van der Waals surface area contributed by atoms with Crippen molar-refractivity contribution in [2.24, 2.45) is 0 Å². The molecule has 0 heterocycles. The number of sulfonamides is 1. The van der Waals surface area contributed by atoms with Gasteiger partial charge in [0.15, 0.2) is 0 Å². The number of aliphatic hydroxyl groups excluding tert-OH is 1. The summed E-state index contributed by atoms with van der Waals surface area (Å²) >= 11 is 0. The van der Waals surface area contributed by atoms with Crippen LogP contribution in [0, 0.1) is 6.92 Å². The number of nitrogens with zero attached hydrogens (tertiary/aromatic N) is 1. The van der Waals surface area contributed by atoms with Crippen LogP contribution in [0.2, 0.25) is 0 Å². The molecule has 0 aliphatic rings. The monoisotopic (exact) mass is 302 g/mol. The van der Waals surface area contributed by atoms with E-state index >= 15 is 0 Å². The van der Waals surface area contributed by atoms with Gasteiger partial charge in [0, 0.05) is 19.8 Å². The van der Waals surface area contributed by atoms with E-state index in [4.69, 9.17) is 5.11 Å². The Labute approximate surface area is 118 Å². The van der Waals surface area contributed by atoms with E-state index in [1.54, 1.807) is 13.0 Å². The summed E-state index contributed by atoms with van der Waals surface area (Å²) in [6, 6.07) is 4.43. The second-order valence-corrected chi connectivity index (χ2v) is 6.40. The summed E-state index contributed by atoms with van der Waals surface area (Å²) in [5.41, 5.74) is 1.04. The van der Waals surface area contributed by atoms with Crippen molar-refractivity contribution >= 4 is 21.8 Å².